The number of aliphatic hydroxyl groups excluding tert-OH is 1. The molecule has 1 aromatic carbocycles. The number of hydrogen-bond donors (Lipinski definition) is 2. The lowest BCUT2D eigenvalue weighted by Crippen LogP contribution is -2.35. The molecule has 0 spiro atoms. The Morgan fingerprint density at radius 3 is 3.00 bits per heavy atom. The molecule has 0 bridgehead atoms. The summed E-state index contributed by atoms with van der Waals surface area (Å²) in [7, 11) is 0. The molecule has 1 unspecified atom stereocenters. The van der Waals surface area contributed by atoms with E-state index in [0.29, 0.717) is 5.69 Å². The molecule has 0 radical (unpaired) electrons. The van der Waals surface area contributed by atoms with Crippen molar-refractivity contribution < 1.29 is 14.3 Å². The number of hydrogen-bond acceptors (Lipinski definition) is 5. The predicted molar refractivity (Wildman–Crippen MR) is 63.1 cm³/mol. The van der Waals surface area contributed by atoms with Gasteiger partial charge in [0.25, 0.3) is 5.91 Å². The fraction of sp³-hybridized carbons (Fsp3) is 0.273. The Hall–Kier alpha value is -2.35. The molecule has 0 fully saturated rings. The first kappa shape index (κ1) is 13.1. The Balaban J connectivity index is 2.38. The molecule has 2 rings (SSSR count). The standard InChI is InChI=1S/C11H12FN5O2/c1-7(5-18)14-11(19)9-4-8(12)2-3-10(9)17-6-13-15-16-17/h2-4,6-7,18H,5H2,1H3,(H,14,19). The molecule has 1 heterocycles. The summed E-state index contributed by atoms with van der Waals surface area (Å²) in [6.07, 6.45) is 1.31. The van der Waals surface area contributed by atoms with Crippen LogP contribution < -0.4 is 5.32 Å². The molecule has 2 N–H and O–H groups in total. The summed E-state index contributed by atoms with van der Waals surface area (Å²) < 4.78 is 14.5. The minimum Gasteiger partial charge on any atom is -0.394 e. The lowest BCUT2D eigenvalue weighted by Gasteiger charge is -2.13. The molecule has 19 heavy (non-hydrogen) atoms. The zero-order valence-electron chi connectivity index (χ0n) is 10.1. The lowest BCUT2D eigenvalue weighted by molar-refractivity contribution is 0.0921. The fourth-order valence-electron chi connectivity index (χ4n) is 1.51. The first-order chi connectivity index (χ1) is 9.11. The van der Waals surface area contributed by atoms with Crippen molar-refractivity contribution in [2.75, 3.05) is 6.61 Å². The van der Waals surface area contributed by atoms with Crippen molar-refractivity contribution in [1.29, 1.82) is 0 Å². The number of nitrogens with zero attached hydrogens (tertiary/aromatic N) is 4. The van der Waals surface area contributed by atoms with Gasteiger partial charge in [0.2, 0.25) is 0 Å². The Labute approximate surface area is 108 Å². The Morgan fingerprint density at radius 1 is 1.58 bits per heavy atom. The average molecular weight is 265 g/mol. The quantitative estimate of drug-likeness (QED) is 0.806. The molecule has 1 aromatic heterocycles. The molecule has 100 valence electrons. The van der Waals surface area contributed by atoms with Gasteiger partial charge in [-0.3, -0.25) is 4.79 Å². The zero-order valence-corrected chi connectivity index (χ0v) is 10.1. The molecule has 1 amide bonds. The fourth-order valence-corrected chi connectivity index (χ4v) is 1.51. The lowest BCUT2D eigenvalue weighted by atomic mass is 10.1. The Kier molecular flexibility index (Phi) is 3.81. The average Bonchev–Trinajstić information content (AvgIpc) is 2.92. The van der Waals surface area contributed by atoms with E-state index in [1.54, 1.807) is 6.92 Å². The van der Waals surface area contributed by atoms with Gasteiger partial charge in [-0.05, 0) is 35.5 Å². The van der Waals surface area contributed by atoms with Gasteiger partial charge in [0.15, 0.2) is 0 Å². The third-order valence-corrected chi connectivity index (χ3v) is 2.45. The molecular formula is C11H12FN5O2. The molecule has 0 aliphatic rings. The topological polar surface area (TPSA) is 92.9 Å². The smallest absolute Gasteiger partial charge is 0.253 e. The van der Waals surface area contributed by atoms with Crippen LogP contribution in [0.25, 0.3) is 5.69 Å². The van der Waals surface area contributed by atoms with Crippen LogP contribution in [0.4, 0.5) is 4.39 Å². The van der Waals surface area contributed by atoms with E-state index in [-0.39, 0.29) is 12.2 Å². The second kappa shape index (κ2) is 5.53. The van der Waals surface area contributed by atoms with Crippen LogP contribution >= 0.6 is 0 Å². The number of aromatic nitrogens is 4. The molecule has 2 aromatic rings. The highest BCUT2D eigenvalue weighted by atomic mass is 19.1. The summed E-state index contributed by atoms with van der Waals surface area (Å²) in [6.45, 7) is 1.43. The van der Waals surface area contributed by atoms with E-state index >= 15 is 0 Å². The number of aliphatic hydroxyl groups is 1. The maximum absolute atomic E-state index is 13.3. The van der Waals surface area contributed by atoms with E-state index < -0.39 is 17.8 Å². The van der Waals surface area contributed by atoms with Crippen molar-refractivity contribution in [2.45, 2.75) is 13.0 Å². The van der Waals surface area contributed by atoms with E-state index in [2.05, 4.69) is 20.8 Å². The summed E-state index contributed by atoms with van der Waals surface area (Å²) >= 11 is 0. The second-order valence-corrected chi connectivity index (χ2v) is 3.97. The molecule has 0 aliphatic heterocycles. The maximum atomic E-state index is 13.3. The van der Waals surface area contributed by atoms with Gasteiger partial charge in [0.05, 0.1) is 17.9 Å². The summed E-state index contributed by atoms with van der Waals surface area (Å²) in [5.41, 5.74) is 0.446. The molecular weight excluding hydrogens is 253 g/mol. The van der Waals surface area contributed by atoms with Crippen molar-refractivity contribution >= 4 is 5.91 Å². The number of carbonyl (C=O) groups excluding carboxylic acids is 1. The van der Waals surface area contributed by atoms with E-state index in [1.165, 1.54) is 23.1 Å². The highest BCUT2D eigenvalue weighted by molar-refractivity contribution is 5.97. The largest absolute Gasteiger partial charge is 0.394 e. The molecule has 0 saturated heterocycles. The number of nitrogens with one attached hydrogen (secondary N) is 1. The highest BCUT2D eigenvalue weighted by Gasteiger charge is 2.16. The minimum absolute atomic E-state index is 0.0904. The van der Waals surface area contributed by atoms with Crippen molar-refractivity contribution in [3.8, 4) is 5.69 Å². The van der Waals surface area contributed by atoms with Crippen LogP contribution in [0.5, 0.6) is 0 Å². The Bertz CT molecular complexity index is 572. The third-order valence-electron chi connectivity index (χ3n) is 2.45. The second-order valence-electron chi connectivity index (χ2n) is 3.97. The van der Waals surface area contributed by atoms with Crippen LogP contribution in [-0.2, 0) is 0 Å². The maximum Gasteiger partial charge on any atom is 0.253 e. The molecule has 0 aliphatic carbocycles. The van der Waals surface area contributed by atoms with Crippen molar-refractivity contribution in [3.63, 3.8) is 0 Å². The van der Waals surface area contributed by atoms with Gasteiger partial charge in [0.1, 0.15) is 12.1 Å². The molecule has 1 atom stereocenters. The predicted octanol–water partition coefficient (Wildman–Crippen LogP) is -0.0880. The number of halogens is 1. The van der Waals surface area contributed by atoms with Gasteiger partial charge in [-0.25, -0.2) is 4.39 Å². The Morgan fingerprint density at radius 2 is 2.37 bits per heavy atom. The number of tetrazole rings is 1. The summed E-state index contributed by atoms with van der Waals surface area (Å²) in [4.78, 5) is 12.0. The molecule has 7 nitrogen and oxygen atoms in total. The molecule has 0 saturated carbocycles. The summed E-state index contributed by atoms with van der Waals surface area (Å²) in [6, 6.07) is 3.28. The van der Waals surface area contributed by atoms with Crippen LogP contribution in [0.15, 0.2) is 24.5 Å². The van der Waals surface area contributed by atoms with E-state index in [1.807, 2.05) is 0 Å². The van der Waals surface area contributed by atoms with Crippen LogP contribution in [-0.4, -0.2) is 43.9 Å². The first-order valence-electron chi connectivity index (χ1n) is 5.56. The van der Waals surface area contributed by atoms with Gasteiger partial charge in [-0.2, -0.15) is 4.68 Å². The van der Waals surface area contributed by atoms with Gasteiger partial charge in [-0.15, -0.1) is 5.10 Å². The van der Waals surface area contributed by atoms with E-state index in [9.17, 15) is 9.18 Å². The number of benzene rings is 1. The monoisotopic (exact) mass is 265 g/mol. The molecule has 8 heteroatoms. The van der Waals surface area contributed by atoms with E-state index in [4.69, 9.17) is 5.11 Å². The normalized spacial score (nSPS) is 12.2. The van der Waals surface area contributed by atoms with Crippen LogP contribution in [0.2, 0.25) is 0 Å². The van der Waals surface area contributed by atoms with Gasteiger partial charge >= 0.3 is 0 Å². The number of amides is 1. The van der Waals surface area contributed by atoms with Gasteiger partial charge in [0, 0.05) is 6.04 Å². The van der Waals surface area contributed by atoms with Crippen molar-refractivity contribution in [2.24, 2.45) is 0 Å². The first-order valence-corrected chi connectivity index (χ1v) is 5.56. The van der Waals surface area contributed by atoms with Crippen LogP contribution in [0, 0.1) is 5.82 Å². The number of carbonyl (C=O) groups is 1. The van der Waals surface area contributed by atoms with Gasteiger partial charge in [-0.1, -0.05) is 0 Å². The SMILES string of the molecule is CC(CO)NC(=O)c1cc(F)ccc1-n1cnnn1. The van der Waals surface area contributed by atoms with Gasteiger partial charge < -0.3 is 10.4 Å². The third kappa shape index (κ3) is 2.91. The van der Waals surface area contributed by atoms with E-state index in [0.717, 1.165) is 6.07 Å². The summed E-state index contributed by atoms with van der Waals surface area (Å²) in [5, 5.41) is 22.0. The van der Waals surface area contributed by atoms with Crippen molar-refractivity contribution in [3.05, 3.63) is 35.9 Å². The summed E-state index contributed by atoms with van der Waals surface area (Å²) in [5.74, 6) is -1.05. The minimum atomic E-state index is -0.543. The van der Waals surface area contributed by atoms with Crippen molar-refractivity contribution in [1.82, 2.24) is 25.5 Å². The zero-order chi connectivity index (χ0) is 13.8. The highest BCUT2D eigenvalue weighted by Crippen LogP contribution is 2.15. The van der Waals surface area contributed by atoms with Crippen LogP contribution in [0.3, 0.4) is 0 Å². The van der Waals surface area contributed by atoms with Crippen LogP contribution in [0.1, 0.15) is 17.3 Å². The number of rotatable bonds is 4.